The van der Waals surface area contributed by atoms with E-state index in [9.17, 15) is 5.11 Å². The highest BCUT2D eigenvalue weighted by Gasteiger charge is 2.27. The van der Waals surface area contributed by atoms with Crippen LogP contribution < -0.4 is 14.8 Å². The zero-order chi connectivity index (χ0) is 19.6. The molecule has 4 aromatic rings. The van der Waals surface area contributed by atoms with E-state index in [0.29, 0.717) is 6.54 Å². The number of nitrogens with one attached hydrogen (secondary N) is 2. The molecule has 1 atom stereocenters. The van der Waals surface area contributed by atoms with Crippen molar-refractivity contribution < 1.29 is 15.0 Å². The van der Waals surface area contributed by atoms with Crippen LogP contribution >= 0.6 is 0 Å². The largest absolute Gasteiger partial charge is 0.385 e. The molecular formula is C24H28N4O+2. The average molecular weight is 389 g/mol. The first-order valence-corrected chi connectivity index (χ1v) is 10.5. The topological polar surface area (TPSA) is 47.0 Å². The van der Waals surface area contributed by atoms with Gasteiger partial charge in [0.05, 0.1) is 12.7 Å². The molecule has 0 radical (unpaired) electrons. The molecule has 3 heterocycles. The lowest BCUT2D eigenvalue weighted by molar-refractivity contribution is -0.903. The number of aromatic nitrogens is 2. The molecular weight excluding hydrogens is 360 g/mol. The fourth-order valence-electron chi connectivity index (χ4n) is 4.66. The third-order valence-electron chi connectivity index (χ3n) is 6.10. The number of H-pyrrole nitrogens is 1. The Morgan fingerprint density at radius 1 is 0.862 bits per heavy atom. The first-order chi connectivity index (χ1) is 14.3. The van der Waals surface area contributed by atoms with Crippen LogP contribution in [0, 0.1) is 0 Å². The Morgan fingerprint density at radius 3 is 2.10 bits per heavy atom. The molecule has 5 nitrogen and oxygen atoms in total. The molecule has 2 aromatic heterocycles. The number of hydrogen-bond donors (Lipinski definition) is 2. The first kappa shape index (κ1) is 18.2. The van der Waals surface area contributed by atoms with Gasteiger partial charge in [-0.3, -0.25) is 4.90 Å². The van der Waals surface area contributed by atoms with Crippen LogP contribution in [0.5, 0.6) is 0 Å². The Balaban J connectivity index is 1.27. The predicted molar refractivity (Wildman–Crippen MR) is 116 cm³/mol. The minimum Gasteiger partial charge on any atom is -0.385 e. The van der Waals surface area contributed by atoms with E-state index in [1.165, 1.54) is 32.5 Å². The molecule has 5 heteroatoms. The molecule has 5 rings (SSSR count). The maximum absolute atomic E-state index is 10.9. The number of para-hydroxylation sites is 2. The molecule has 0 unspecified atom stereocenters. The molecule has 0 aliphatic carbocycles. The average Bonchev–Trinajstić information content (AvgIpc) is 3.09. The Hall–Kier alpha value is -2.89. The highest BCUT2D eigenvalue weighted by Crippen LogP contribution is 2.28. The molecule has 148 valence electrons. The second kappa shape index (κ2) is 7.85. The third-order valence-corrected chi connectivity index (χ3v) is 6.10. The summed E-state index contributed by atoms with van der Waals surface area (Å²) in [6.07, 6.45) is 1.61. The molecule has 3 N–H and O–H groups in total. The van der Waals surface area contributed by atoms with E-state index in [0.717, 1.165) is 32.7 Å². The van der Waals surface area contributed by atoms with Crippen LogP contribution in [0.15, 0.2) is 72.9 Å². The zero-order valence-electron chi connectivity index (χ0n) is 16.6. The minimum absolute atomic E-state index is 0.362. The molecule has 1 aliphatic heterocycles. The lowest BCUT2D eigenvalue weighted by Gasteiger charge is -2.29. The maximum Gasteiger partial charge on any atom is 0.274 e. The van der Waals surface area contributed by atoms with E-state index < -0.39 is 0 Å². The van der Waals surface area contributed by atoms with Gasteiger partial charge >= 0.3 is 0 Å². The summed E-state index contributed by atoms with van der Waals surface area (Å²) >= 11 is 0. The summed E-state index contributed by atoms with van der Waals surface area (Å²) < 4.78 is 2.28. The van der Waals surface area contributed by atoms with Gasteiger partial charge in [0.25, 0.3) is 5.82 Å². The van der Waals surface area contributed by atoms with Crippen molar-refractivity contribution in [3.05, 3.63) is 72.9 Å². The van der Waals surface area contributed by atoms with Crippen LogP contribution in [0.2, 0.25) is 0 Å². The number of pyridine rings is 1. The Bertz CT molecular complexity index is 1050. The van der Waals surface area contributed by atoms with Gasteiger partial charge in [0.2, 0.25) is 0 Å². The van der Waals surface area contributed by atoms with E-state index >= 15 is 0 Å². The van der Waals surface area contributed by atoms with Crippen molar-refractivity contribution in [2.75, 3.05) is 37.6 Å². The van der Waals surface area contributed by atoms with E-state index in [4.69, 9.17) is 0 Å². The fraction of sp³-hybridized carbons (Fsp3) is 0.292. The van der Waals surface area contributed by atoms with Gasteiger partial charge in [-0.25, -0.2) is 4.98 Å². The fourth-order valence-corrected chi connectivity index (χ4v) is 4.66. The lowest BCUT2D eigenvalue weighted by Crippen LogP contribution is -3.16. The number of nitrogens with zero attached hydrogens (tertiary/aromatic N) is 2. The number of aromatic amines is 1. The molecule has 0 spiro atoms. The number of piperazine rings is 1. The molecule has 0 amide bonds. The van der Waals surface area contributed by atoms with Crippen molar-refractivity contribution in [2.45, 2.75) is 12.6 Å². The predicted octanol–water partition coefficient (Wildman–Crippen LogP) is 1.37. The van der Waals surface area contributed by atoms with Gasteiger partial charge in [-0.1, -0.05) is 42.5 Å². The van der Waals surface area contributed by atoms with Gasteiger partial charge < -0.3 is 14.6 Å². The number of benzene rings is 2. The van der Waals surface area contributed by atoms with Crippen LogP contribution in [0.25, 0.3) is 21.8 Å². The minimum atomic E-state index is -0.362. The molecule has 1 saturated heterocycles. The second-order valence-electron chi connectivity index (χ2n) is 7.99. The Kier molecular flexibility index (Phi) is 4.92. The zero-order valence-corrected chi connectivity index (χ0v) is 16.6. The highest BCUT2D eigenvalue weighted by atomic mass is 16.3. The third kappa shape index (κ3) is 3.59. The molecule has 2 aromatic carbocycles. The molecule has 1 aliphatic rings. The summed E-state index contributed by atoms with van der Waals surface area (Å²) in [5.41, 5.74) is 2.40. The van der Waals surface area contributed by atoms with E-state index in [-0.39, 0.29) is 6.10 Å². The van der Waals surface area contributed by atoms with Crippen molar-refractivity contribution in [1.82, 2.24) is 4.57 Å². The summed E-state index contributed by atoms with van der Waals surface area (Å²) in [7, 11) is 0. The van der Waals surface area contributed by atoms with Crippen LogP contribution in [-0.4, -0.2) is 48.5 Å². The highest BCUT2D eigenvalue weighted by molar-refractivity contribution is 6.07. The summed E-state index contributed by atoms with van der Waals surface area (Å²) in [6.45, 7) is 5.54. The normalized spacial score (nSPS) is 16.5. The summed E-state index contributed by atoms with van der Waals surface area (Å²) in [5.74, 6) is 1.18. The number of rotatable bonds is 5. The summed E-state index contributed by atoms with van der Waals surface area (Å²) in [4.78, 5) is 7.19. The molecule has 0 bridgehead atoms. The number of aliphatic hydroxyl groups is 1. The van der Waals surface area contributed by atoms with Gasteiger partial charge in [-0.2, -0.15) is 0 Å². The van der Waals surface area contributed by atoms with E-state index in [2.05, 4.69) is 75.1 Å². The number of fused-ring (bicyclic) bond motifs is 3. The Morgan fingerprint density at radius 2 is 1.48 bits per heavy atom. The molecule has 29 heavy (non-hydrogen) atoms. The second-order valence-corrected chi connectivity index (χ2v) is 7.99. The van der Waals surface area contributed by atoms with Gasteiger partial charge in [-0.15, -0.1) is 0 Å². The maximum atomic E-state index is 10.9. The van der Waals surface area contributed by atoms with Crippen LogP contribution in [0.3, 0.4) is 0 Å². The van der Waals surface area contributed by atoms with E-state index in [1.54, 1.807) is 0 Å². The van der Waals surface area contributed by atoms with Crippen LogP contribution in [0.1, 0.15) is 0 Å². The SMILES string of the molecule is O[C@H](Cn1c2ccccc2c2ccccc21)C[NH+]1CCN(c2cccc[nH+]2)CC1. The number of anilines is 1. The number of aliphatic hydroxyl groups excluding tert-OH is 1. The van der Waals surface area contributed by atoms with Crippen molar-refractivity contribution in [2.24, 2.45) is 0 Å². The summed E-state index contributed by atoms with van der Waals surface area (Å²) in [6, 6.07) is 23.2. The Labute approximate surface area is 170 Å². The standard InChI is InChI=1S/C24H26N4O/c29-19(17-26-13-15-27(16-14-26)24-11-5-6-12-25-24)18-28-22-9-3-1-7-20(22)21-8-2-4-10-23(21)28/h1-12,19,29H,13-18H2/p+2/t19-/m0/s1. The smallest absolute Gasteiger partial charge is 0.274 e. The van der Waals surface area contributed by atoms with Gasteiger partial charge in [0, 0.05) is 27.9 Å². The summed E-state index contributed by atoms with van der Waals surface area (Å²) in [5, 5.41) is 13.4. The van der Waals surface area contributed by atoms with Gasteiger partial charge in [0.15, 0.2) is 0 Å². The lowest BCUT2D eigenvalue weighted by atomic mass is 10.2. The van der Waals surface area contributed by atoms with Gasteiger partial charge in [0.1, 0.15) is 38.8 Å². The van der Waals surface area contributed by atoms with Crippen molar-refractivity contribution >= 4 is 27.6 Å². The van der Waals surface area contributed by atoms with Crippen molar-refractivity contribution in [3.8, 4) is 0 Å². The number of quaternary nitrogens is 1. The van der Waals surface area contributed by atoms with Crippen LogP contribution in [-0.2, 0) is 6.54 Å². The van der Waals surface area contributed by atoms with Crippen molar-refractivity contribution in [3.63, 3.8) is 0 Å². The molecule has 1 fully saturated rings. The first-order valence-electron chi connectivity index (χ1n) is 10.5. The molecule has 0 saturated carbocycles. The van der Waals surface area contributed by atoms with Gasteiger partial charge in [-0.05, 0) is 18.2 Å². The van der Waals surface area contributed by atoms with E-state index in [1.807, 2.05) is 12.3 Å². The monoisotopic (exact) mass is 388 g/mol. The number of hydrogen-bond acceptors (Lipinski definition) is 2. The van der Waals surface area contributed by atoms with Crippen LogP contribution in [0.4, 0.5) is 5.82 Å². The van der Waals surface area contributed by atoms with Crippen molar-refractivity contribution in [1.29, 1.82) is 0 Å². The quantitative estimate of drug-likeness (QED) is 0.543.